The SMILES string of the molecule is CCOc1ccc(N(C(=O)[C@H]2COc3ccccc3O2)[C@@H](C(=O)NC2CCCCC2)c2cn(C)nc2C)cc1. The second-order valence-corrected chi connectivity index (χ2v) is 10.1. The number of aryl methyl sites for hydroxylation is 2. The van der Waals surface area contributed by atoms with Crippen LogP contribution in [0.15, 0.2) is 54.7 Å². The Morgan fingerprint density at radius 3 is 2.49 bits per heavy atom. The molecule has 3 aromatic rings. The van der Waals surface area contributed by atoms with E-state index in [9.17, 15) is 9.59 Å². The Labute approximate surface area is 229 Å². The zero-order valence-electron chi connectivity index (χ0n) is 22.8. The number of para-hydroxylation sites is 2. The summed E-state index contributed by atoms with van der Waals surface area (Å²) in [7, 11) is 1.81. The van der Waals surface area contributed by atoms with E-state index < -0.39 is 12.1 Å². The Kier molecular flexibility index (Phi) is 8.05. The van der Waals surface area contributed by atoms with Gasteiger partial charge in [0.1, 0.15) is 18.4 Å². The van der Waals surface area contributed by atoms with Gasteiger partial charge in [-0.3, -0.25) is 19.2 Å². The fourth-order valence-corrected chi connectivity index (χ4v) is 5.38. The molecule has 1 saturated carbocycles. The molecule has 2 aliphatic rings. The number of amides is 2. The van der Waals surface area contributed by atoms with Gasteiger partial charge in [-0.2, -0.15) is 5.10 Å². The van der Waals surface area contributed by atoms with Gasteiger partial charge in [0.2, 0.25) is 12.0 Å². The van der Waals surface area contributed by atoms with Crippen molar-refractivity contribution in [3.05, 3.63) is 66.0 Å². The molecule has 39 heavy (non-hydrogen) atoms. The molecular weight excluding hydrogens is 496 g/mol. The zero-order chi connectivity index (χ0) is 27.4. The topological polar surface area (TPSA) is 94.9 Å². The first kappa shape index (κ1) is 26.6. The van der Waals surface area contributed by atoms with Gasteiger partial charge in [0.25, 0.3) is 5.91 Å². The van der Waals surface area contributed by atoms with Gasteiger partial charge in [-0.1, -0.05) is 31.4 Å². The lowest BCUT2D eigenvalue weighted by Crippen LogP contribution is -2.52. The van der Waals surface area contributed by atoms with E-state index in [1.54, 1.807) is 41.1 Å². The first-order chi connectivity index (χ1) is 18.9. The van der Waals surface area contributed by atoms with Crippen LogP contribution in [-0.2, 0) is 16.6 Å². The van der Waals surface area contributed by atoms with E-state index in [1.165, 1.54) is 11.3 Å². The number of benzene rings is 2. The van der Waals surface area contributed by atoms with Crippen LogP contribution in [0.4, 0.5) is 5.69 Å². The molecule has 1 N–H and O–H groups in total. The molecule has 2 aromatic carbocycles. The van der Waals surface area contributed by atoms with Crippen molar-refractivity contribution in [2.45, 2.75) is 64.1 Å². The lowest BCUT2D eigenvalue weighted by Gasteiger charge is -2.36. The maximum absolute atomic E-state index is 14.3. The molecule has 9 heteroatoms. The third-order valence-electron chi connectivity index (χ3n) is 7.25. The number of aromatic nitrogens is 2. The Morgan fingerprint density at radius 2 is 1.82 bits per heavy atom. The highest BCUT2D eigenvalue weighted by Crippen LogP contribution is 2.35. The highest BCUT2D eigenvalue weighted by molar-refractivity contribution is 6.03. The number of ether oxygens (including phenoxy) is 3. The van der Waals surface area contributed by atoms with Crippen molar-refractivity contribution < 1.29 is 23.8 Å². The van der Waals surface area contributed by atoms with Crippen LogP contribution in [-0.4, -0.2) is 47.0 Å². The van der Waals surface area contributed by atoms with Crippen LogP contribution in [0.25, 0.3) is 0 Å². The summed E-state index contributed by atoms with van der Waals surface area (Å²) in [6.45, 7) is 4.33. The highest BCUT2D eigenvalue weighted by Gasteiger charge is 2.41. The molecule has 2 heterocycles. The van der Waals surface area contributed by atoms with Crippen molar-refractivity contribution in [2.24, 2.45) is 7.05 Å². The molecule has 206 valence electrons. The average Bonchev–Trinajstić information content (AvgIpc) is 3.29. The minimum atomic E-state index is -0.952. The third-order valence-corrected chi connectivity index (χ3v) is 7.25. The second-order valence-electron chi connectivity index (χ2n) is 10.1. The number of nitrogens with one attached hydrogen (secondary N) is 1. The molecule has 1 aliphatic carbocycles. The standard InChI is InChI=1S/C30H36N4O5/c1-4-37-23-16-14-22(15-17-23)34(30(36)27-19-38-25-12-8-9-13-26(25)39-27)28(24-18-33(3)32-20(24)2)29(35)31-21-10-6-5-7-11-21/h8-9,12-18,21,27-28H,4-7,10-11,19H2,1-3H3,(H,31,35)/t27-,28-/m1/s1. The number of hydrogen-bond donors (Lipinski definition) is 1. The number of rotatable bonds is 8. The van der Waals surface area contributed by atoms with Crippen molar-refractivity contribution in [3.63, 3.8) is 0 Å². The summed E-state index contributed by atoms with van der Waals surface area (Å²) >= 11 is 0. The fourth-order valence-electron chi connectivity index (χ4n) is 5.38. The maximum Gasteiger partial charge on any atom is 0.272 e. The van der Waals surface area contributed by atoms with E-state index in [0.717, 1.165) is 25.7 Å². The van der Waals surface area contributed by atoms with Crippen LogP contribution in [0, 0.1) is 6.92 Å². The number of nitrogens with zero attached hydrogens (tertiary/aromatic N) is 3. The molecule has 0 bridgehead atoms. The van der Waals surface area contributed by atoms with Crippen molar-refractivity contribution in [2.75, 3.05) is 18.1 Å². The van der Waals surface area contributed by atoms with Crippen molar-refractivity contribution in [3.8, 4) is 17.2 Å². The maximum atomic E-state index is 14.3. The Hall–Kier alpha value is -4.01. The van der Waals surface area contributed by atoms with Crippen LogP contribution in [0.1, 0.15) is 56.3 Å². The van der Waals surface area contributed by atoms with Gasteiger partial charge in [0.15, 0.2) is 11.5 Å². The summed E-state index contributed by atoms with van der Waals surface area (Å²) in [4.78, 5) is 30.0. The number of hydrogen-bond acceptors (Lipinski definition) is 6. The molecule has 0 spiro atoms. The molecule has 9 nitrogen and oxygen atoms in total. The summed E-state index contributed by atoms with van der Waals surface area (Å²) < 4.78 is 19.3. The summed E-state index contributed by atoms with van der Waals surface area (Å²) in [6.07, 6.45) is 6.06. The van der Waals surface area contributed by atoms with Gasteiger partial charge in [-0.05, 0) is 63.1 Å². The number of anilines is 1. The fraction of sp³-hybridized carbons (Fsp3) is 0.433. The van der Waals surface area contributed by atoms with Crippen LogP contribution in [0.5, 0.6) is 17.2 Å². The smallest absolute Gasteiger partial charge is 0.272 e. The molecule has 2 amide bonds. The summed E-state index contributed by atoms with van der Waals surface area (Å²) in [5.74, 6) is 1.15. The monoisotopic (exact) mass is 532 g/mol. The molecule has 1 aromatic heterocycles. The minimum Gasteiger partial charge on any atom is -0.494 e. The quantitative estimate of drug-likeness (QED) is 0.459. The second kappa shape index (κ2) is 11.8. The van der Waals surface area contributed by atoms with Gasteiger partial charge in [-0.15, -0.1) is 0 Å². The highest BCUT2D eigenvalue weighted by atomic mass is 16.6. The van der Waals surface area contributed by atoms with E-state index in [4.69, 9.17) is 14.2 Å². The number of fused-ring (bicyclic) bond motifs is 1. The average molecular weight is 533 g/mol. The Bertz CT molecular complexity index is 1300. The molecule has 1 fully saturated rings. The molecule has 0 unspecified atom stereocenters. The third kappa shape index (κ3) is 5.87. The van der Waals surface area contributed by atoms with Crippen LogP contribution in [0.3, 0.4) is 0 Å². The van der Waals surface area contributed by atoms with E-state index in [1.807, 2.05) is 39.2 Å². The first-order valence-electron chi connectivity index (χ1n) is 13.7. The van der Waals surface area contributed by atoms with Gasteiger partial charge in [0.05, 0.1) is 12.3 Å². The normalized spacial score (nSPS) is 17.8. The summed E-state index contributed by atoms with van der Waals surface area (Å²) in [6, 6.07) is 13.6. The van der Waals surface area contributed by atoms with E-state index in [-0.39, 0.29) is 24.5 Å². The van der Waals surface area contributed by atoms with Gasteiger partial charge < -0.3 is 19.5 Å². The van der Waals surface area contributed by atoms with E-state index >= 15 is 0 Å². The van der Waals surface area contributed by atoms with Crippen LogP contribution >= 0.6 is 0 Å². The summed E-state index contributed by atoms with van der Waals surface area (Å²) in [5, 5.41) is 7.74. The van der Waals surface area contributed by atoms with Gasteiger partial charge in [-0.25, -0.2) is 0 Å². The van der Waals surface area contributed by atoms with E-state index in [0.29, 0.717) is 40.8 Å². The number of carbonyl (C=O) groups excluding carboxylic acids is 2. The lowest BCUT2D eigenvalue weighted by molar-refractivity contribution is -0.132. The van der Waals surface area contributed by atoms with Crippen LogP contribution < -0.4 is 24.4 Å². The molecule has 5 rings (SSSR count). The van der Waals surface area contributed by atoms with Crippen molar-refractivity contribution >= 4 is 17.5 Å². The molecule has 0 radical (unpaired) electrons. The Balaban J connectivity index is 1.55. The predicted molar refractivity (Wildman–Crippen MR) is 147 cm³/mol. The predicted octanol–water partition coefficient (Wildman–Crippen LogP) is 4.49. The van der Waals surface area contributed by atoms with Gasteiger partial charge >= 0.3 is 0 Å². The van der Waals surface area contributed by atoms with Crippen LogP contribution in [0.2, 0.25) is 0 Å². The van der Waals surface area contributed by atoms with Crippen molar-refractivity contribution in [1.82, 2.24) is 15.1 Å². The lowest BCUT2D eigenvalue weighted by atomic mass is 9.94. The summed E-state index contributed by atoms with van der Waals surface area (Å²) in [5.41, 5.74) is 1.89. The molecule has 0 saturated heterocycles. The van der Waals surface area contributed by atoms with Crippen molar-refractivity contribution in [1.29, 1.82) is 0 Å². The first-order valence-corrected chi connectivity index (χ1v) is 13.7. The zero-order valence-corrected chi connectivity index (χ0v) is 22.8. The molecule has 2 atom stereocenters. The number of carbonyl (C=O) groups is 2. The largest absolute Gasteiger partial charge is 0.494 e. The molecular formula is C30H36N4O5. The van der Waals surface area contributed by atoms with E-state index in [2.05, 4.69) is 10.4 Å². The molecule has 1 aliphatic heterocycles. The minimum absolute atomic E-state index is 0.0341. The Morgan fingerprint density at radius 1 is 1.10 bits per heavy atom. The van der Waals surface area contributed by atoms with Gasteiger partial charge in [0, 0.05) is 30.5 Å².